The number of hydrogen-bond acceptors (Lipinski definition) is 7. The van der Waals surface area contributed by atoms with Crippen LogP contribution in [0.5, 0.6) is 17.2 Å². The zero-order chi connectivity index (χ0) is 21.2. The van der Waals surface area contributed by atoms with Gasteiger partial charge in [0.05, 0.1) is 20.3 Å². The zero-order valence-corrected chi connectivity index (χ0v) is 17.6. The van der Waals surface area contributed by atoms with Gasteiger partial charge >= 0.3 is 0 Å². The number of aromatic nitrogens is 2. The van der Waals surface area contributed by atoms with Crippen LogP contribution in [0.3, 0.4) is 0 Å². The normalized spacial score (nSPS) is 10.7. The molecule has 1 amide bonds. The van der Waals surface area contributed by atoms with Crippen LogP contribution >= 0.6 is 11.3 Å². The summed E-state index contributed by atoms with van der Waals surface area (Å²) < 4.78 is 16.5. The number of carbonyl (C=O) groups excluding carboxylic acids is 1. The van der Waals surface area contributed by atoms with E-state index in [1.165, 1.54) is 17.4 Å². The molecule has 0 aliphatic heterocycles. The molecule has 3 aromatic rings. The number of carbonyl (C=O) groups is 1. The van der Waals surface area contributed by atoms with Crippen LogP contribution < -0.4 is 19.5 Å². The average Bonchev–Trinajstić information content (AvgIpc) is 3.21. The lowest BCUT2D eigenvalue weighted by Gasteiger charge is -2.09. The summed E-state index contributed by atoms with van der Waals surface area (Å²) in [6, 6.07) is 15.1. The standard InChI is InChI=1S/C22H23N3O4S/c1-3-28-18-11-9-16(15-19(18)27-2)10-12-20(26)23-22-25-24-21(30-22)13-14-29-17-7-5-4-6-8-17/h4-12,15H,3,13-14H2,1-2H3,(H,23,25,26)/b12-10+. The first-order valence-corrected chi connectivity index (χ1v) is 10.3. The minimum Gasteiger partial charge on any atom is -0.493 e. The fourth-order valence-electron chi connectivity index (χ4n) is 2.56. The summed E-state index contributed by atoms with van der Waals surface area (Å²) in [6.45, 7) is 2.95. The SMILES string of the molecule is CCOc1ccc(/C=C/C(=O)Nc2nnc(CCOc3ccccc3)s2)cc1OC. The topological polar surface area (TPSA) is 82.6 Å². The Kier molecular flexibility index (Phi) is 7.79. The number of rotatable bonds is 10. The van der Waals surface area contributed by atoms with E-state index in [2.05, 4.69) is 15.5 Å². The van der Waals surface area contributed by atoms with Crippen molar-refractivity contribution in [2.24, 2.45) is 0 Å². The van der Waals surface area contributed by atoms with Gasteiger partial charge in [0, 0.05) is 12.5 Å². The molecule has 3 rings (SSSR count). The van der Waals surface area contributed by atoms with Gasteiger partial charge in [0.1, 0.15) is 10.8 Å². The highest BCUT2D eigenvalue weighted by molar-refractivity contribution is 7.15. The first kappa shape index (κ1) is 21.3. The van der Waals surface area contributed by atoms with E-state index in [1.54, 1.807) is 13.2 Å². The van der Waals surface area contributed by atoms with Crippen molar-refractivity contribution in [3.05, 3.63) is 65.2 Å². The van der Waals surface area contributed by atoms with Crippen LogP contribution in [0.25, 0.3) is 6.08 Å². The highest BCUT2D eigenvalue weighted by Crippen LogP contribution is 2.28. The summed E-state index contributed by atoms with van der Waals surface area (Å²) in [5.41, 5.74) is 0.821. The van der Waals surface area contributed by atoms with Crippen LogP contribution in [0, 0.1) is 0 Å². The highest BCUT2D eigenvalue weighted by Gasteiger charge is 2.08. The number of hydrogen-bond donors (Lipinski definition) is 1. The maximum atomic E-state index is 12.2. The quantitative estimate of drug-likeness (QED) is 0.490. The monoisotopic (exact) mass is 425 g/mol. The van der Waals surface area contributed by atoms with Crippen molar-refractivity contribution in [3.63, 3.8) is 0 Å². The Balaban J connectivity index is 1.50. The second kappa shape index (κ2) is 11.0. The van der Waals surface area contributed by atoms with Crippen LogP contribution in [0.1, 0.15) is 17.5 Å². The van der Waals surface area contributed by atoms with Gasteiger partial charge in [-0.05, 0) is 42.8 Å². The molecule has 0 atom stereocenters. The molecule has 0 bridgehead atoms. The number of anilines is 1. The lowest BCUT2D eigenvalue weighted by molar-refractivity contribution is -0.111. The van der Waals surface area contributed by atoms with Gasteiger partial charge in [0.25, 0.3) is 0 Å². The fourth-order valence-corrected chi connectivity index (χ4v) is 3.28. The van der Waals surface area contributed by atoms with Crippen LogP contribution in [0.15, 0.2) is 54.6 Å². The van der Waals surface area contributed by atoms with Gasteiger partial charge in [-0.3, -0.25) is 10.1 Å². The van der Waals surface area contributed by atoms with Crippen molar-refractivity contribution in [2.75, 3.05) is 25.6 Å². The third kappa shape index (κ3) is 6.31. The number of amides is 1. The molecule has 0 unspecified atom stereocenters. The summed E-state index contributed by atoms with van der Waals surface area (Å²) in [5, 5.41) is 12.1. The van der Waals surface area contributed by atoms with Gasteiger partial charge in [-0.15, -0.1) is 10.2 Å². The Morgan fingerprint density at radius 1 is 1.10 bits per heavy atom. The first-order valence-electron chi connectivity index (χ1n) is 9.48. The Morgan fingerprint density at radius 3 is 2.70 bits per heavy atom. The number of nitrogens with zero attached hydrogens (tertiary/aromatic N) is 2. The molecular formula is C22H23N3O4S. The Hall–Kier alpha value is -3.39. The molecule has 2 aromatic carbocycles. The summed E-state index contributed by atoms with van der Waals surface area (Å²) in [6.07, 6.45) is 3.75. The Morgan fingerprint density at radius 2 is 1.93 bits per heavy atom. The molecule has 0 fully saturated rings. The number of benzene rings is 2. The molecule has 0 saturated heterocycles. The molecule has 0 saturated carbocycles. The molecule has 1 N–H and O–H groups in total. The molecule has 0 aliphatic rings. The summed E-state index contributed by atoms with van der Waals surface area (Å²) in [7, 11) is 1.58. The number of nitrogens with one attached hydrogen (secondary N) is 1. The van der Waals surface area contributed by atoms with E-state index < -0.39 is 0 Å². The van der Waals surface area contributed by atoms with E-state index in [9.17, 15) is 4.79 Å². The van der Waals surface area contributed by atoms with Crippen LogP contribution in [0.2, 0.25) is 0 Å². The third-order valence-corrected chi connectivity index (χ3v) is 4.84. The van der Waals surface area contributed by atoms with E-state index in [0.29, 0.717) is 36.3 Å². The van der Waals surface area contributed by atoms with Crippen LogP contribution in [-0.2, 0) is 11.2 Å². The molecule has 8 heteroatoms. The molecule has 0 radical (unpaired) electrons. The predicted octanol–water partition coefficient (Wildman–Crippen LogP) is 4.22. The van der Waals surface area contributed by atoms with Crippen LogP contribution in [0.4, 0.5) is 5.13 Å². The lowest BCUT2D eigenvalue weighted by atomic mass is 10.2. The minimum absolute atomic E-state index is 0.286. The number of ether oxygens (including phenoxy) is 3. The molecule has 30 heavy (non-hydrogen) atoms. The predicted molar refractivity (Wildman–Crippen MR) is 117 cm³/mol. The Bertz CT molecular complexity index is 989. The second-order valence-corrected chi connectivity index (χ2v) is 7.14. The molecule has 0 aliphatic carbocycles. The summed E-state index contributed by atoms with van der Waals surface area (Å²) >= 11 is 1.33. The Labute approximate surface area is 179 Å². The van der Waals surface area contributed by atoms with Crippen molar-refractivity contribution >= 4 is 28.5 Å². The van der Waals surface area contributed by atoms with Gasteiger partial charge in [-0.1, -0.05) is 35.6 Å². The zero-order valence-electron chi connectivity index (χ0n) is 16.8. The number of para-hydroxylation sites is 1. The molecule has 0 spiro atoms. The van der Waals surface area contributed by atoms with E-state index in [4.69, 9.17) is 14.2 Å². The summed E-state index contributed by atoms with van der Waals surface area (Å²) in [5.74, 6) is 1.81. The van der Waals surface area contributed by atoms with Gasteiger partial charge < -0.3 is 14.2 Å². The maximum Gasteiger partial charge on any atom is 0.250 e. The summed E-state index contributed by atoms with van der Waals surface area (Å²) in [4.78, 5) is 12.2. The van der Waals surface area contributed by atoms with E-state index >= 15 is 0 Å². The van der Waals surface area contributed by atoms with Gasteiger partial charge in [0.2, 0.25) is 11.0 Å². The van der Waals surface area contributed by atoms with E-state index in [0.717, 1.165) is 16.3 Å². The van der Waals surface area contributed by atoms with Gasteiger partial charge in [-0.2, -0.15) is 0 Å². The fraction of sp³-hybridized carbons (Fsp3) is 0.227. The van der Waals surface area contributed by atoms with Crippen molar-refractivity contribution in [3.8, 4) is 17.2 Å². The van der Waals surface area contributed by atoms with Gasteiger partial charge in [-0.25, -0.2) is 0 Å². The minimum atomic E-state index is -0.286. The van der Waals surface area contributed by atoms with E-state index in [1.807, 2.05) is 55.5 Å². The van der Waals surface area contributed by atoms with Crippen molar-refractivity contribution < 1.29 is 19.0 Å². The van der Waals surface area contributed by atoms with Gasteiger partial charge in [0.15, 0.2) is 11.5 Å². The maximum absolute atomic E-state index is 12.2. The molecular weight excluding hydrogens is 402 g/mol. The second-order valence-electron chi connectivity index (χ2n) is 6.08. The van der Waals surface area contributed by atoms with Crippen molar-refractivity contribution in [2.45, 2.75) is 13.3 Å². The van der Waals surface area contributed by atoms with Crippen molar-refractivity contribution in [1.29, 1.82) is 0 Å². The van der Waals surface area contributed by atoms with E-state index in [-0.39, 0.29) is 5.91 Å². The highest BCUT2D eigenvalue weighted by atomic mass is 32.1. The smallest absolute Gasteiger partial charge is 0.250 e. The average molecular weight is 426 g/mol. The van der Waals surface area contributed by atoms with Crippen LogP contribution in [-0.4, -0.2) is 36.4 Å². The molecule has 1 heterocycles. The molecule has 1 aromatic heterocycles. The largest absolute Gasteiger partial charge is 0.493 e. The van der Waals surface area contributed by atoms with Crippen molar-refractivity contribution in [1.82, 2.24) is 10.2 Å². The number of methoxy groups -OCH3 is 1. The molecule has 7 nitrogen and oxygen atoms in total. The first-order chi connectivity index (χ1) is 14.7. The lowest BCUT2D eigenvalue weighted by Crippen LogP contribution is -2.07. The molecule has 156 valence electrons. The third-order valence-electron chi connectivity index (χ3n) is 3.94.